The summed E-state index contributed by atoms with van der Waals surface area (Å²) in [5.41, 5.74) is 2.48. The van der Waals surface area contributed by atoms with Crippen LogP contribution in [-0.2, 0) is 10.3 Å². The highest BCUT2D eigenvalue weighted by atomic mass is 32.1. The Bertz CT molecular complexity index is 987. The van der Waals surface area contributed by atoms with Crippen molar-refractivity contribution in [3.63, 3.8) is 0 Å². The molecule has 0 N–H and O–H groups in total. The lowest BCUT2D eigenvalue weighted by Gasteiger charge is -2.43. The van der Waals surface area contributed by atoms with E-state index in [-0.39, 0.29) is 0 Å². The Hall–Kier alpha value is -2.88. The number of thiophene rings is 1. The first-order valence-corrected chi connectivity index (χ1v) is 9.84. The number of fused-ring (bicyclic) bond motifs is 1. The smallest absolute Gasteiger partial charge is 0.237 e. The minimum atomic E-state index is -0.730. The molecular weight excluding hydrogens is 352 g/mol. The number of rotatable bonds is 3. The topological polar surface area (TPSA) is 18.5 Å². The molecule has 1 aliphatic rings. The van der Waals surface area contributed by atoms with E-state index >= 15 is 0 Å². The van der Waals surface area contributed by atoms with Gasteiger partial charge in [0.15, 0.2) is 5.60 Å². The summed E-state index contributed by atoms with van der Waals surface area (Å²) in [4.78, 5) is 1.06. The van der Waals surface area contributed by atoms with Crippen LogP contribution in [0.5, 0.6) is 5.75 Å². The van der Waals surface area contributed by atoms with Crippen LogP contribution >= 0.6 is 11.3 Å². The third-order valence-corrected chi connectivity index (χ3v) is 5.81. The zero-order chi connectivity index (χ0) is 18.1. The fraction of sp³-hybridized carbons (Fsp3) is 0.0833. The second kappa shape index (κ2) is 6.69. The molecule has 0 bridgehead atoms. The summed E-state index contributed by atoms with van der Waals surface area (Å²) in [7, 11) is 0. The highest BCUT2D eigenvalue weighted by Crippen LogP contribution is 2.51. The van der Waals surface area contributed by atoms with Crippen LogP contribution in [0.4, 0.5) is 0 Å². The van der Waals surface area contributed by atoms with Crippen molar-refractivity contribution < 1.29 is 9.47 Å². The van der Waals surface area contributed by atoms with Gasteiger partial charge in [-0.05, 0) is 28.6 Å². The van der Waals surface area contributed by atoms with Crippen molar-refractivity contribution in [2.24, 2.45) is 0 Å². The van der Waals surface area contributed by atoms with E-state index in [4.69, 9.17) is 9.47 Å². The predicted molar refractivity (Wildman–Crippen MR) is 108 cm³/mol. The summed E-state index contributed by atoms with van der Waals surface area (Å²) < 4.78 is 13.1. The molecule has 0 saturated heterocycles. The molecule has 132 valence electrons. The standard InChI is InChI=1S/C24H18O2S/c1-3-10-18(11-4-1)24(19-12-5-2-6-13-19)20-14-7-8-15-21(20)25-23(26-24)22-16-9-17-27-22/h1-17,23H/t23-/m0/s1. The first kappa shape index (κ1) is 16.3. The van der Waals surface area contributed by atoms with Gasteiger partial charge in [-0.25, -0.2) is 0 Å². The number of hydrogen-bond acceptors (Lipinski definition) is 3. The average molecular weight is 370 g/mol. The molecule has 0 aliphatic carbocycles. The Balaban J connectivity index is 1.80. The average Bonchev–Trinajstić information content (AvgIpc) is 3.29. The van der Waals surface area contributed by atoms with E-state index in [1.165, 1.54) is 0 Å². The van der Waals surface area contributed by atoms with Crippen LogP contribution in [0.15, 0.2) is 102 Å². The molecule has 3 heteroatoms. The zero-order valence-corrected chi connectivity index (χ0v) is 15.4. The van der Waals surface area contributed by atoms with E-state index in [0.29, 0.717) is 0 Å². The molecule has 0 spiro atoms. The van der Waals surface area contributed by atoms with Crippen molar-refractivity contribution in [1.29, 1.82) is 0 Å². The maximum atomic E-state index is 6.81. The molecule has 0 unspecified atom stereocenters. The Kier molecular flexibility index (Phi) is 4.04. The van der Waals surface area contributed by atoms with Gasteiger partial charge in [0.25, 0.3) is 0 Å². The van der Waals surface area contributed by atoms with Crippen molar-refractivity contribution >= 4 is 11.3 Å². The molecule has 0 saturated carbocycles. The Morgan fingerprint density at radius 2 is 1.30 bits per heavy atom. The van der Waals surface area contributed by atoms with E-state index in [9.17, 15) is 0 Å². The Morgan fingerprint density at radius 3 is 1.93 bits per heavy atom. The quantitative estimate of drug-likeness (QED) is 0.431. The van der Waals surface area contributed by atoms with Crippen molar-refractivity contribution in [2.45, 2.75) is 11.9 Å². The van der Waals surface area contributed by atoms with Crippen LogP contribution in [0.25, 0.3) is 0 Å². The van der Waals surface area contributed by atoms with E-state index < -0.39 is 11.9 Å². The van der Waals surface area contributed by atoms with Gasteiger partial charge in [0.05, 0.1) is 4.88 Å². The van der Waals surface area contributed by atoms with E-state index in [1.54, 1.807) is 11.3 Å². The van der Waals surface area contributed by atoms with Gasteiger partial charge >= 0.3 is 0 Å². The summed E-state index contributed by atoms with van der Waals surface area (Å²) in [6, 6.07) is 33.1. The molecule has 0 fully saturated rings. The predicted octanol–water partition coefficient (Wildman–Crippen LogP) is 6.15. The van der Waals surface area contributed by atoms with Crippen LogP contribution in [0.1, 0.15) is 27.9 Å². The normalized spacial score (nSPS) is 17.7. The fourth-order valence-electron chi connectivity index (χ4n) is 3.72. The van der Waals surface area contributed by atoms with Gasteiger partial charge in [-0.3, -0.25) is 0 Å². The van der Waals surface area contributed by atoms with Gasteiger partial charge in [0, 0.05) is 5.56 Å². The highest BCUT2D eigenvalue weighted by Gasteiger charge is 2.46. The minimum absolute atomic E-state index is 0.458. The molecule has 2 nitrogen and oxygen atoms in total. The Labute approximate surface area is 162 Å². The van der Waals surface area contributed by atoms with Crippen molar-refractivity contribution in [1.82, 2.24) is 0 Å². The monoisotopic (exact) mass is 370 g/mol. The highest BCUT2D eigenvalue weighted by molar-refractivity contribution is 7.10. The van der Waals surface area contributed by atoms with Crippen molar-refractivity contribution in [3.8, 4) is 5.75 Å². The number of benzene rings is 3. The van der Waals surface area contributed by atoms with Gasteiger partial charge < -0.3 is 9.47 Å². The number of ether oxygens (including phenoxy) is 2. The molecule has 1 aromatic heterocycles. The first-order chi connectivity index (χ1) is 13.4. The lowest BCUT2D eigenvalue weighted by atomic mass is 9.79. The fourth-order valence-corrected chi connectivity index (χ4v) is 4.40. The first-order valence-electron chi connectivity index (χ1n) is 8.96. The van der Waals surface area contributed by atoms with Crippen LogP contribution in [-0.4, -0.2) is 0 Å². The van der Waals surface area contributed by atoms with Crippen LogP contribution in [0, 0.1) is 0 Å². The van der Waals surface area contributed by atoms with Gasteiger partial charge in [0.2, 0.25) is 6.29 Å². The third-order valence-electron chi connectivity index (χ3n) is 4.92. The van der Waals surface area contributed by atoms with Crippen molar-refractivity contribution in [3.05, 3.63) is 124 Å². The second-order valence-electron chi connectivity index (χ2n) is 6.49. The summed E-state index contributed by atoms with van der Waals surface area (Å²) in [5.74, 6) is 0.856. The molecule has 5 rings (SSSR count). The number of para-hydroxylation sites is 1. The molecule has 0 amide bonds. The molecule has 27 heavy (non-hydrogen) atoms. The van der Waals surface area contributed by atoms with Gasteiger partial charge in [0.1, 0.15) is 5.75 Å². The van der Waals surface area contributed by atoms with Gasteiger partial charge in [-0.1, -0.05) is 84.9 Å². The summed E-state index contributed by atoms with van der Waals surface area (Å²) in [6.07, 6.45) is -0.458. The van der Waals surface area contributed by atoms with Crippen LogP contribution in [0.3, 0.4) is 0 Å². The molecule has 0 radical (unpaired) electrons. The van der Waals surface area contributed by atoms with Crippen LogP contribution < -0.4 is 4.74 Å². The molecular formula is C24H18O2S. The maximum absolute atomic E-state index is 6.81. The lowest BCUT2D eigenvalue weighted by molar-refractivity contribution is -0.165. The second-order valence-corrected chi connectivity index (χ2v) is 7.47. The maximum Gasteiger partial charge on any atom is 0.237 e. The minimum Gasteiger partial charge on any atom is -0.459 e. The Morgan fingerprint density at radius 1 is 0.667 bits per heavy atom. The third kappa shape index (κ3) is 2.67. The largest absolute Gasteiger partial charge is 0.459 e. The molecule has 4 aromatic rings. The summed E-state index contributed by atoms with van der Waals surface area (Å²) >= 11 is 1.65. The van der Waals surface area contributed by atoms with Crippen molar-refractivity contribution in [2.75, 3.05) is 0 Å². The summed E-state index contributed by atoms with van der Waals surface area (Å²) in [6.45, 7) is 0. The number of hydrogen-bond donors (Lipinski definition) is 0. The van der Waals surface area contributed by atoms with Gasteiger partial charge in [-0.15, -0.1) is 11.3 Å². The van der Waals surface area contributed by atoms with Gasteiger partial charge in [-0.2, -0.15) is 0 Å². The molecule has 3 aromatic carbocycles. The molecule has 2 heterocycles. The molecule has 1 atom stereocenters. The lowest BCUT2D eigenvalue weighted by Crippen LogP contribution is -2.39. The van der Waals surface area contributed by atoms with E-state index in [2.05, 4.69) is 66.0 Å². The van der Waals surface area contributed by atoms with Crippen LogP contribution in [0.2, 0.25) is 0 Å². The SMILES string of the molecule is c1ccc(C2(c3ccccc3)O[C@@H](c3cccs3)Oc3ccccc32)cc1. The van der Waals surface area contributed by atoms with E-state index in [1.807, 2.05) is 36.4 Å². The summed E-state index contributed by atoms with van der Waals surface area (Å²) in [5, 5.41) is 2.05. The molecule has 1 aliphatic heterocycles. The zero-order valence-electron chi connectivity index (χ0n) is 14.6. The van der Waals surface area contributed by atoms with E-state index in [0.717, 1.165) is 27.3 Å².